The third kappa shape index (κ3) is 5.08. The molecule has 0 aromatic heterocycles. The van der Waals surface area contributed by atoms with E-state index in [-0.39, 0.29) is 24.4 Å². The van der Waals surface area contributed by atoms with E-state index in [0.29, 0.717) is 35.4 Å². The number of rotatable bonds is 6. The molecule has 0 radical (unpaired) electrons. The Kier molecular flexibility index (Phi) is 6.43. The first-order chi connectivity index (χ1) is 13.8. The fourth-order valence-electron chi connectivity index (χ4n) is 2.97. The molecule has 2 N–H and O–H groups in total. The van der Waals surface area contributed by atoms with Crippen LogP contribution in [-0.4, -0.2) is 30.8 Å². The lowest BCUT2D eigenvalue weighted by atomic mass is 10.2. The van der Waals surface area contributed by atoms with E-state index in [0.717, 1.165) is 18.6 Å². The number of anilines is 2. The predicted molar refractivity (Wildman–Crippen MR) is 105 cm³/mol. The lowest BCUT2D eigenvalue weighted by molar-refractivity contribution is -0.117. The molecule has 2 aromatic carbocycles. The van der Waals surface area contributed by atoms with Crippen molar-refractivity contribution in [1.29, 1.82) is 0 Å². The molecular formula is C20H18ClF2N3O3. The molecule has 29 heavy (non-hydrogen) atoms. The molecule has 1 aliphatic heterocycles. The van der Waals surface area contributed by atoms with Crippen LogP contribution in [0.4, 0.5) is 20.2 Å². The molecule has 0 aliphatic carbocycles. The Morgan fingerprint density at radius 2 is 1.93 bits per heavy atom. The summed E-state index contributed by atoms with van der Waals surface area (Å²) in [6.07, 6.45) is 1.17. The maximum Gasteiger partial charge on any atom is 0.254 e. The zero-order valence-corrected chi connectivity index (χ0v) is 16.1. The molecule has 0 unspecified atom stereocenters. The summed E-state index contributed by atoms with van der Waals surface area (Å²) in [5.74, 6) is -2.92. The second-order valence-electron chi connectivity index (χ2n) is 6.49. The minimum Gasteiger partial charge on any atom is -0.351 e. The summed E-state index contributed by atoms with van der Waals surface area (Å²) in [6.45, 7) is 0.559. The van der Waals surface area contributed by atoms with Crippen molar-refractivity contribution in [2.24, 2.45) is 0 Å². The lowest BCUT2D eigenvalue weighted by Crippen LogP contribution is -2.28. The van der Waals surface area contributed by atoms with Gasteiger partial charge in [-0.25, -0.2) is 8.78 Å². The van der Waals surface area contributed by atoms with Gasteiger partial charge in [-0.2, -0.15) is 0 Å². The fourth-order valence-corrected chi connectivity index (χ4v) is 3.13. The molecule has 1 saturated heterocycles. The van der Waals surface area contributed by atoms with E-state index >= 15 is 0 Å². The van der Waals surface area contributed by atoms with E-state index in [1.54, 1.807) is 23.1 Å². The summed E-state index contributed by atoms with van der Waals surface area (Å²) >= 11 is 6.12. The molecule has 0 bridgehead atoms. The zero-order chi connectivity index (χ0) is 21.0. The predicted octanol–water partition coefficient (Wildman–Crippen LogP) is 3.50. The van der Waals surface area contributed by atoms with E-state index < -0.39 is 23.4 Å². The number of nitrogens with one attached hydrogen (secondary N) is 2. The molecule has 9 heteroatoms. The standard InChI is InChI=1S/C20H18ClF2N3O3/c21-15-6-4-13(26-9-1-2-19(26)28)11-17(15)25-18(27)7-8-24-20(29)14-5-3-12(22)10-16(14)23/h3-6,10-11H,1-2,7-9H2,(H,24,29)(H,25,27). The number of carbonyl (C=O) groups is 3. The number of benzene rings is 2. The minimum absolute atomic E-state index is 0.0142. The van der Waals surface area contributed by atoms with Crippen molar-refractivity contribution in [1.82, 2.24) is 5.32 Å². The second-order valence-corrected chi connectivity index (χ2v) is 6.90. The van der Waals surface area contributed by atoms with Crippen molar-refractivity contribution >= 4 is 40.7 Å². The van der Waals surface area contributed by atoms with Crippen LogP contribution < -0.4 is 15.5 Å². The van der Waals surface area contributed by atoms with Crippen molar-refractivity contribution in [3.63, 3.8) is 0 Å². The third-order valence-electron chi connectivity index (χ3n) is 4.42. The molecule has 0 saturated carbocycles. The SMILES string of the molecule is O=C(CCNC(=O)c1ccc(F)cc1F)Nc1cc(N2CCCC2=O)ccc1Cl. The van der Waals surface area contributed by atoms with Crippen molar-refractivity contribution in [3.8, 4) is 0 Å². The largest absolute Gasteiger partial charge is 0.351 e. The highest BCUT2D eigenvalue weighted by atomic mass is 35.5. The fraction of sp³-hybridized carbons (Fsp3) is 0.250. The van der Waals surface area contributed by atoms with Crippen molar-refractivity contribution in [3.05, 3.63) is 58.6 Å². The van der Waals surface area contributed by atoms with Gasteiger partial charge in [0.2, 0.25) is 11.8 Å². The van der Waals surface area contributed by atoms with Gasteiger partial charge in [-0.1, -0.05) is 11.6 Å². The van der Waals surface area contributed by atoms with Gasteiger partial charge in [-0.3, -0.25) is 14.4 Å². The van der Waals surface area contributed by atoms with Gasteiger partial charge < -0.3 is 15.5 Å². The Labute approximate surface area is 170 Å². The van der Waals surface area contributed by atoms with Gasteiger partial charge in [0, 0.05) is 37.7 Å². The van der Waals surface area contributed by atoms with Crippen LogP contribution in [0.1, 0.15) is 29.6 Å². The van der Waals surface area contributed by atoms with Crippen LogP contribution in [0.15, 0.2) is 36.4 Å². The normalized spacial score (nSPS) is 13.5. The van der Waals surface area contributed by atoms with Crippen LogP contribution in [0.5, 0.6) is 0 Å². The van der Waals surface area contributed by atoms with Gasteiger partial charge in [0.25, 0.3) is 5.91 Å². The first-order valence-corrected chi connectivity index (χ1v) is 9.36. The number of halogens is 3. The summed E-state index contributed by atoms with van der Waals surface area (Å²) in [4.78, 5) is 37.6. The van der Waals surface area contributed by atoms with E-state index in [9.17, 15) is 23.2 Å². The van der Waals surface area contributed by atoms with Crippen LogP contribution in [-0.2, 0) is 9.59 Å². The minimum atomic E-state index is -0.980. The molecule has 3 amide bonds. The molecule has 3 rings (SSSR count). The topological polar surface area (TPSA) is 78.5 Å². The number of hydrogen-bond donors (Lipinski definition) is 2. The highest BCUT2D eigenvalue weighted by Gasteiger charge is 2.22. The molecule has 2 aromatic rings. The summed E-state index contributed by atoms with van der Waals surface area (Å²) in [5.41, 5.74) is 0.690. The lowest BCUT2D eigenvalue weighted by Gasteiger charge is -2.17. The summed E-state index contributed by atoms with van der Waals surface area (Å²) < 4.78 is 26.5. The van der Waals surface area contributed by atoms with E-state index in [4.69, 9.17) is 11.6 Å². The first-order valence-electron chi connectivity index (χ1n) is 8.98. The van der Waals surface area contributed by atoms with Gasteiger partial charge in [0.1, 0.15) is 11.6 Å². The van der Waals surface area contributed by atoms with E-state index in [1.165, 1.54) is 0 Å². The Morgan fingerprint density at radius 1 is 1.14 bits per heavy atom. The quantitative estimate of drug-likeness (QED) is 0.749. The van der Waals surface area contributed by atoms with Crippen LogP contribution >= 0.6 is 11.6 Å². The zero-order valence-electron chi connectivity index (χ0n) is 15.3. The van der Waals surface area contributed by atoms with Gasteiger partial charge in [0.15, 0.2) is 0 Å². The van der Waals surface area contributed by atoms with Crippen molar-refractivity contribution in [2.45, 2.75) is 19.3 Å². The van der Waals surface area contributed by atoms with Crippen molar-refractivity contribution in [2.75, 3.05) is 23.3 Å². The number of hydrogen-bond acceptors (Lipinski definition) is 3. The van der Waals surface area contributed by atoms with E-state index in [1.807, 2.05) is 0 Å². The van der Waals surface area contributed by atoms with E-state index in [2.05, 4.69) is 10.6 Å². The van der Waals surface area contributed by atoms with Gasteiger partial charge in [0.05, 0.1) is 16.3 Å². The molecule has 1 fully saturated rings. The van der Waals surface area contributed by atoms with Gasteiger partial charge in [-0.05, 0) is 36.8 Å². The van der Waals surface area contributed by atoms with Crippen LogP contribution in [0.2, 0.25) is 5.02 Å². The highest BCUT2D eigenvalue weighted by molar-refractivity contribution is 6.33. The van der Waals surface area contributed by atoms with Gasteiger partial charge >= 0.3 is 0 Å². The van der Waals surface area contributed by atoms with Crippen LogP contribution in [0, 0.1) is 11.6 Å². The summed E-state index contributed by atoms with van der Waals surface area (Å²) in [5, 5.41) is 5.35. The molecule has 152 valence electrons. The highest BCUT2D eigenvalue weighted by Crippen LogP contribution is 2.30. The van der Waals surface area contributed by atoms with Crippen molar-refractivity contribution < 1.29 is 23.2 Å². The molecule has 0 spiro atoms. The third-order valence-corrected chi connectivity index (χ3v) is 4.75. The molecule has 6 nitrogen and oxygen atoms in total. The van der Waals surface area contributed by atoms with Crippen LogP contribution in [0.25, 0.3) is 0 Å². The average molecular weight is 422 g/mol. The summed E-state index contributed by atoms with van der Waals surface area (Å²) in [6, 6.07) is 7.54. The Hall–Kier alpha value is -3.00. The second kappa shape index (κ2) is 9.00. The molecule has 0 atom stereocenters. The number of amides is 3. The number of nitrogens with zero attached hydrogens (tertiary/aromatic N) is 1. The molecule has 1 heterocycles. The summed E-state index contributed by atoms with van der Waals surface area (Å²) in [7, 11) is 0. The molecule has 1 aliphatic rings. The maximum absolute atomic E-state index is 13.6. The maximum atomic E-state index is 13.6. The number of carbonyl (C=O) groups excluding carboxylic acids is 3. The smallest absolute Gasteiger partial charge is 0.254 e. The Bertz CT molecular complexity index is 968. The monoisotopic (exact) mass is 421 g/mol. The first kappa shape index (κ1) is 20.7. The van der Waals surface area contributed by atoms with Gasteiger partial charge in [-0.15, -0.1) is 0 Å². The van der Waals surface area contributed by atoms with Crippen LogP contribution in [0.3, 0.4) is 0 Å². The molecular weight excluding hydrogens is 404 g/mol. The Morgan fingerprint density at radius 3 is 2.62 bits per heavy atom. The Balaban J connectivity index is 1.55. The average Bonchev–Trinajstić information content (AvgIpc) is 3.09.